The Kier molecular flexibility index (Phi) is 16.0. The Morgan fingerprint density at radius 3 is 2.08 bits per heavy atom. The minimum Gasteiger partial charge on any atom is -0.300 e. The molecule has 0 aromatic rings. The number of rotatable bonds is 6. The molecule has 0 aliphatic heterocycles. The van der Waals surface area contributed by atoms with Gasteiger partial charge in [-0.05, 0) is 20.3 Å². The van der Waals surface area contributed by atoms with Crippen LogP contribution in [0.3, 0.4) is 0 Å². The van der Waals surface area contributed by atoms with Crippen molar-refractivity contribution >= 4 is 5.78 Å². The maximum atomic E-state index is 10.5. The maximum absolute atomic E-state index is 10.5. The molecule has 0 aromatic carbocycles. The Morgan fingerprint density at radius 1 is 1.23 bits per heavy atom. The van der Waals surface area contributed by atoms with E-state index < -0.39 is 0 Å². The lowest BCUT2D eigenvalue weighted by Gasteiger charge is -1.95. The van der Waals surface area contributed by atoms with Gasteiger partial charge in [0.1, 0.15) is 5.78 Å². The summed E-state index contributed by atoms with van der Waals surface area (Å²) >= 11 is 0. The fourth-order valence-corrected chi connectivity index (χ4v) is 0.977. The van der Waals surface area contributed by atoms with Crippen LogP contribution in [0.4, 0.5) is 0 Å². The molecule has 1 heteroatoms. The molecule has 0 atom stereocenters. The predicted molar refractivity (Wildman–Crippen MR) is 59.9 cm³/mol. The zero-order valence-electron chi connectivity index (χ0n) is 9.44. The normalized spacial score (nSPS) is 8.54. The highest BCUT2D eigenvalue weighted by molar-refractivity contribution is 5.75. The molecule has 0 bridgehead atoms. The first-order valence-electron chi connectivity index (χ1n) is 5.25. The van der Waals surface area contributed by atoms with Crippen molar-refractivity contribution in [3.8, 4) is 0 Å². The molecule has 0 saturated carbocycles. The Hall–Kier alpha value is -0.590. The summed E-state index contributed by atoms with van der Waals surface area (Å²) in [6, 6.07) is 0. The van der Waals surface area contributed by atoms with E-state index in [1.165, 1.54) is 25.7 Å². The first-order valence-corrected chi connectivity index (χ1v) is 5.25. The Labute approximate surface area is 83.2 Å². The number of unbranched alkanes of at least 4 members (excludes halogenated alkanes) is 4. The monoisotopic (exact) mass is 184 g/mol. The molecule has 0 N–H and O–H groups in total. The van der Waals surface area contributed by atoms with E-state index in [0.717, 1.165) is 12.8 Å². The van der Waals surface area contributed by atoms with Crippen molar-refractivity contribution in [3.63, 3.8) is 0 Å². The zero-order chi connectivity index (χ0) is 10.5. The molecule has 78 valence electrons. The summed E-state index contributed by atoms with van der Waals surface area (Å²) in [5.41, 5.74) is 0. The number of ketones is 1. The van der Waals surface area contributed by atoms with E-state index in [1.54, 1.807) is 13.0 Å². The van der Waals surface area contributed by atoms with Gasteiger partial charge in [-0.15, -0.1) is 6.58 Å². The lowest BCUT2D eigenvalue weighted by Crippen LogP contribution is -1.88. The average Bonchev–Trinajstić information content (AvgIpc) is 2.05. The summed E-state index contributed by atoms with van der Waals surface area (Å²) in [4.78, 5) is 10.5. The van der Waals surface area contributed by atoms with Crippen LogP contribution in [0.1, 0.15) is 59.3 Å². The van der Waals surface area contributed by atoms with E-state index >= 15 is 0 Å². The molecule has 0 spiro atoms. The molecule has 1 nitrogen and oxygen atoms in total. The standard InChI is InChI=1S/C9H18O.C3H6/c1-3-4-5-6-7-8-9(2)10;1-3-2/h3-8H2,1-2H3;3H,1H2,2H3. The maximum Gasteiger partial charge on any atom is 0.129 e. The lowest BCUT2D eigenvalue weighted by atomic mass is 10.1. The third kappa shape index (κ3) is 24.6. The van der Waals surface area contributed by atoms with Gasteiger partial charge < -0.3 is 4.79 Å². The smallest absolute Gasteiger partial charge is 0.129 e. The van der Waals surface area contributed by atoms with Crippen LogP contribution in [0.5, 0.6) is 0 Å². The number of carbonyl (C=O) groups is 1. The van der Waals surface area contributed by atoms with Crippen LogP contribution in [0.15, 0.2) is 12.7 Å². The summed E-state index contributed by atoms with van der Waals surface area (Å²) in [6.07, 6.45) is 8.74. The van der Waals surface area contributed by atoms with Crippen LogP contribution in [0.2, 0.25) is 0 Å². The molecule has 0 aromatic heterocycles. The first kappa shape index (κ1) is 14.9. The van der Waals surface area contributed by atoms with Gasteiger partial charge in [-0.1, -0.05) is 38.7 Å². The van der Waals surface area contributed by atoms with E-state index in [0.29, 0.717) is 5.78 Å². The third-order valence-corrected chi connectivity index (χ3v) is 1.63. The van der Waals surface area contributed by atoms with Crippen LogP contribution in [-0.4, -0.2) is 5.78 Å². The molecule has 0 radical (unpaired) electrons. The van der Waals surface area contributed by atoms with Crippen LogP contribution in [-0.2, 0) is 4.79 Å². The Morgan fingerprint density at radius 2 is 1.69 bits per heavy atom. The minimum atomic E-state index is 0.330. The first-order chi connectivity index (χ1) is 6.18. The molecule has 0 saturated heterocycles. The van der Waals surface area contributed by atoms with Gasteiger partial charge in [-0.2, -0.15) is 0 Å². The van der Waals surface area contributed by atoms with Crippen molar-refractivity contribution in [1.82, 2.24) is 0 Å². The summed E-state index contributed by atoms with van der Waals surface area (Å²) < 4.78 is 0. The average molecular weight is 184 g/mol. The summed E-state index contributed by atoms with van der Waals surface area (Å²) in [5, 5.41) is 0. The lowest BCUT2D eigenvalue weighted by molar-refractivity contribution is -0.117. The van der Waals surface area contributed by atoms with E-state index in [4.69, 9.17) is 0 Å². The molecule has 0 amide bonds. The van der Waals surface area contributed by atoms with Crippen molar-refractivity contribution < 1.29 is 4.79 Å². The van der Waals surface area contributed by atoms with Crippen LogP contribution < -0.4 is 0 Å². The molecule has 0 heterocycles. The highest BCUT2D eigenvalue weighted by Gasteiger charge is 1.92. The van der Waals surface area contributed by atoms with Crippen LogP contribution >= 0.6 is 0 Å². The van der Waals surface area contributed by atoms with Crippen molar-refractivity contribution in [1.29, 1.82) is 0 Å². The highest BCUT2D eigenvalue weighted by Crippen LogP contribution is 2.04. The Bertz CT molecular complexity index is 116. The van der Waals surface area contributed by atoms with Gasteiger partial charge in [0.2, 0.25) is 0 Å². The van der Waals surface area contributed by atoms with Crippen molar-refractivity contribution in [2.45, 2.75) is 59.3 Å². The predicted octanol–water partition coefficient (Wildman–Crippen LogP) is 4.13. The largest absolute Gasteiger partial charge is 0.300 e. The number of Topliss-reactive ketones (excluding diaryl/α,β-unsaturated/α-hetero) is 1. The van der Waals surface area contributed by atoms with Crippen molar-refractivity contribution in [2.75, 3.05) is 0 Å². The second-order valence-electron chi connectivity index (χ2n) is 3.27. The Balaban J connectivity index is 0. The topological polar surface area (TPSA) is 17.1 Å². The molecule has 0 fully saturated rings. The van der Waals surface area contributed by atoms with E-state index in [-0.39, 0.29) is 0 Å². The summed E-state index contributed by atoms with van der Waals surface area (Å²) in [7, 11) is 0. The van der Waals surface area contributed by atoms with E-state index in [1.807, 2.05) is 6.92 Å². The molecular formula is C12H24O. The van der Waals surface area contributed by atoms with Crippen molar-refractivity contribution in [2.24, 2.45) is 0 Å². The fraction of sp³-hybridized carbons (Fsp3) is 0.750. The molecule has 13 heavy (non-hydrogen) atoms. The zero-order valence-corrected chi connectivity index (χ0v) is 9.44. The number of allylic oxidation sites excluding steroid dienone is 1. The van der Waals surface area contributed by atoms with Gasteiger partial charge in [-0.25, -0.2) is 0 Å². The summed E-state index contributed by atoms with van der Waals surface area (Å²) in [5.74, 6) is 0.330. The van der Waals surface area contributed by atoms with E-state index in [2.05, 4.69) is 13.5 Å². The van der Waals surface area contributed by atoms with Gasteiger partial charge in [0.25, 0.3) is 0 Å². The molecule has 0 rings (SSSR count). The van der Waals surface area contributed by atoms with Gasteiger partial charge >= 0.3 is 0 Å². The number of hydrogen-bond acceptors (Lipinski definition) is 1. The van der Waals surface area contributed by atoms with Gasteiger partial charge in [0, 0.05) is 6.42 Å². The molecule has 0 aliphatic rings. The second kappa shape index (κ2) is 14.0. The van der Waals surface area contributed by atoms with Gasteiger partial charge in [-0.3, -0.25) is 0 Å². The third-order valence-electron chi connectivity index (χ3n) is 1.63. The number of carbonyl (C=O) groups excluding carboxylic acids is 1. The fourth-order valence-electron chi connectivity index (χ4n) is 0.977. The molecule has 0 unspecified atom stereocenters. The highest BCUT2D eigenvalue weighted by atomic mass is 16.1. The van der Waals surface area contributed by atoms with Crippen molar-refractivity contribution in [3.05, 3.63) is 12.7 Å². The molecular weight excluding hydrogens is 160 g/mol. The van der Waals surface area contributed by atoms with E-state index in [9.17, 15) is 4.79 Å². The van der Waals surface area contributed by atoms with Crippen LogP contribution in [0.25, 0.3) is 0 Å². The SMILES string of the molecule is C=CC.CCCCCCCC(C)=O. The molecule has 0 aliphatic carbocycles. The van der Waals surface area contributed by atoms with Crippen LogP contribution in [0, 0.1) is 0 Å². The van der Waals surface area contributed by atoms with Gasteiger partial charge in [0.05, 0.1) is 0 Å². The van der Waals surface area contributed by atoms with Gasteiger partial charge in [0.15, 0.2) is 0 Å². The number of hydrogen-bond donors (Lipinski definition) is 0. The second-order valence-corrected chi connectivity index (χ2v) is 3.27. The quantitative estimate of drug-likeness (QED) is 0.448. The summed E-state index contributed by atoms with van der Waals surface area (Å²) in [6.45, 7) is 9.12. The minimum absolute atomic E-state index is 0.330.